The second-order valence-corrected chi connectivity index (χ2v) is 8.61. The van der Waals surface area contributed by atoms with Gasteiger partial charge in [0.1, 0.15) is 6.61 Å². The number of amides is 1. The van der Waals surface area contributed by atoms with Crippen molar-refractivity contribution in [3.05, 3.63) is 52.5 Å². The number of para-hydroxylation sites is 1. The molecule has 0 aromatic heterocycles. The summed E-state index contributed by atoms with van der Waals surface area (Å²) in [7, 11) is -0.985. The molecular formula is C18H20Cl2N2O5S. The first-order chi connectivity index (χ1) is 13.3. The van der Waals surface area contributed by atoms with Crippen LogP contribution >= 0.6 is 23.2 Å². The van der Waals surface area contributed by atoms with Gasteiger partial charge in [0.25, 0.3) is 0 Å². The fraction of sp³-hybridized carbons (Fsp3) is 0.278. The molecule has 1 N–H and O–H groups in total. The van der Waals surface area contributed by atoms with Crippen LogP contribution in [0.15, 0.2) is 47.4 Å². The summed E-state index contributed by atoms with van der Waals surface area (Å²) in [5.74, 6) is -0.253. The third-order valence-electron chi connectivity index (χ3n) is 3.66. The molecule has 2 aromatic rings. The minimum atomic E-state index is -3.84. The quantitative estimate of drug-likeness (QED) is 0.597. The lowest BCUT2D eigenvalue weighted by Gasteiger charge is -2.18. The molecule has 0 heterocycles. The summed E-state index contributed by atoms with van der Waals surface area (Å²) in [6, 6.07) is 10.6. The van der Waals surface area contributed by atoms with Gasteiger partial charge in [-0.3, -0.25) is 4.79 Å². The largest absolute Gasteiger partial charge is 0.487 e. The van der Waals surface area contributed by atoms with Gasteiger partial charge in [-0.15, -0.1) is 0 Å². The molecule has 0 bridgehead atoms. The third kappa shape index (κ3) is 5.83. The Balaban J connectivity index is 2.09. The average molecular weight is 447 g/mol. The number of ether oxygens (including phenoxy) is 2. The molecule has 152 valence electrons. The van der Waals surface area contributed by atoms with Crippen LogP contribution in [0.1, 0.15) is 0 Å². The summed E-state index contributed by atoms with van der Waals surface area (Å²) in [5, 5.41) is 3.36. The SMILES string of the molecule is COCCOc1c(Cl)cccc1NC(=O)CN(C)S(=O)(=O)c1ccc(Cl)cc1. The molecule has 0 fully saturated rings. The number of halogens is 2. The minimum absolute atomic E-state index is 0.0403. The molecular weight excluding hydrogens is 427 g/mol. The Kier molecular flexibility index (Phi) is 8.09. The fourth-order valence-corrected chi connectivity index (χ4v) is 3.73. The van der Waals surface area contributed by atoms with Gasteiger partial charge in [-0.1, -0.05) is 29.3 Å². The van der Waals surface area contributed by atoms with Crippen molar-refractivity contribution in [3.63, 3.8) is 0 Å². The summed E-state index contributed by atoms with van der Waals surface area (Å²) < 4.78 is 36.6. The highest BCUT2D eigenvalue weighted by molar-refractivity contribution is 7.89. The van der Waals surface area contributed by atoms with Crippen molar-refractivity contribution in [1.82, 2.24) is 4.31 Å². The van der Waals surface area contributed by atoms with Crippen molar-refractivity contribution in [1.29, 1.82) is 0 Å². The van der Waals surface area contributed by atoms with E-state index >= 15 is 0 Å². The molecule has 7 nitrogen and oxygen atoms in total. The van der Waals surface area contributed by atoms with Crippen LogP contribution in [0.25, 0.3) is 0 Å². The molecule has 0 aliphatic heterocycles. The van der Waals surface area contributed by atoms with E-state index < -0.39 is 22.5 Å². The Bertz CT molecular complexity index is 920. The first-order valence-corrected chi connectivity index (χ1v) is 10.4. The lowest BCUT2D eigenvalue weighted by Crippen LogP contribution is -2.35. The second kappa shape index (κ2) is 10.1. The lowest BCUT2D eigenvalue weighted by atomic mass is 10.3. The number of hydrogen-bond donors (Lipinski definition) is 1. The van der Waals surface area contributed by atoms with Gasteiger partial charge in [0.05, 0.1) is 28.8 Å². The summed E-state index contributed by atoms with van der Waals surface area (Å²) >= 11 is 11.9. The molecule has 0 aliphatic rings. The third-order valence-corrected chi connectivity index (χ3v) is 6.03. The van der Waals surface area contributed by atoms with Crippen LogP contribution in [0.5, 0.6) is 5.75 Å². The number of hydrogen-bond acceptors (Lipinski definition) is 5. The van der Waals surface area contributed by atoms with Crippen molar-refractivity contribution in [2.45, 2.75) is 4.90 Å². The van der Waals surface area contributed by atoms with E-state index in [1.807, 2.05) is 0 Å². The van der Waals surface area contributed by atoms with E-state index in [0.29, 0.717) is 22.3 Å². The highest BCUT2D eigenvalue weighted by Gasteiger charge is 2.23. The molecule has 0 atom stereocenters. The Labute approximate surface area is 174 Å². The van der Waals surface area contributed by atoms with Crippen LogP contribution in [-0.4, -0.2) is 52.5 Å². The van der Waals surface area contributed by atoms with Crippen LogP contribution in [0, 0.1) is 0 Å². The van der Waals surface area contributed by atoms with Crippen molar-refractivity contribution in [2.24, 2.45) is 0 Å². The number of methoxy groups -OCH3 is 1. The molecule has 2 aromatic carbocycles. The second-order valence-electron chi connectivity index (χ2n) is 5.72. The molecule has 10 heteroatoms. The van der Waals surface area contributed by atoms with Crippen molar-refractivity contribution >= 4 is 44.8 Å². The minimum Gasteiger partial charge on any atom is -0.487 e. The van der Waals surface area contributed by atoms with E-state index in [9.17, 15) is 13.2 Å². The van der Waals surface area contributed by atoms with Crippen LogP contribution in [0.2, 0.25) is 10.0 Å². The van der Waals surface area contributed by atoms with E-state index in [2.05, 4.69) is 5.32 Å². The van der Waals surface area contributed by atoms with Gasteiger partial charge in [0.2, 0.25) is 15.9 Å². The van der Waals surface area contributed by atoms with E-state index in [0.717, 1.165) is 4.31 Å². The normalized spacial score (nSPS) is 11.5. The molecule has 2 rings (SSSR count). The Hall–Kier alpha value is -1.84. The number of nitrogens with zero attached hydrogens (tertiary/aromatic N) is 1. The van der Waals surface area contributed by atoms with Crippen LogP contribution < -0.4 is 10.1 Å². The number of carbonyl (C=O) groups excluding carboxylic acids is 1. The van der Waals surface area contributed by atoms with Gasteiger partial charge >= 0.3 is 0 Å². The molecule has 0 saturated heterocycles. The van der Waals surface area contributed by atoms with Crippen molar-refractivity contribution in [2.75, 3.05) is 39.2 Å². The number of carbonyl (C=O) groups is 1. The summed E-state index contributed by atoms with van der Waals surface area (Å²) in [6.07, 6.45) is 0. The molecule has 0 radical (unpaired) electrons. The maximum absolute atomic E-state index is 12.6. The standard InChI is InChI=1S/C18H20Cl2N2O5S/c1-22(28(24,25)14-8-6-13(19)7-9-14)12-17(23)21-16-5-3-4-15(20)18(16)27-11-10-26-2/h3-9H,10-12H2,1-2H3,(H,21,23). The highest BCUT2D eigenvalue weighted by atomic mass is 35.5. The Morgan fingerprint density at radius 1 is 1.11 bits per heavy atom. The number of rotatable bonds is 9. The zero-order valence-corrected chi connectivity index (χ0v) is 17.6. The molecule has 0 spiro atoms. The zero-order chi connectivity index (χ0) is 20.7. The smallest absolute Gasteiger partial charge is 0.243 e. The van der Waals surface area contributed by atoms with E-state index in [4.69, 9.17) is 32.7 Å². The van der Waals surface area contributed by atoms with Crippen molar-refractivity contribution < 1.29 is 22.7 Å². The Morgan fingerprint density at radius 2 is 1.79 bits per heavy atom. The molecule has 28 heavy (non-hydrogen) atoms. The molecule has 0 aliphatic carbocycles. The first kappa shape index (κ1) is 22.4. The van der Waals surface area contributed by atoms with Gasteiger partial charge in [-0.25, -0.2) is 8.42 Å². The van der Waals surface area contributed by atoms with Gasteiger partial charge in [0.15, 0.2) is 5.75 Å². The van der Waals surface area contributed by atoms with Crippen molar-refractivity contribution in [3.8, 4) is 5.75 Å². The predicted octanol–water partition coefficient (Wildman–Crippen LogP) is 3.28. The van der Waals surface area contributed by atoms with Gasteiger partial charge in [0, 0.05) is 19.2 Å². The topological polar surface area (TPSA) is 84.9 Å². The highest BCUT2D eigenvalue weighted by Crippen LogP contribution is 2.33. The van der Waals surface area contributed by atoms with E-state index in [1.165, 1.54) is 38.4 Å². The number of likely N-dealkylation sites (N-methyl/N-ethyl adjacent to an activating group) is 1. The summed E-state index contributed by atoms with van der Waals surface area (Å²) in [5.41, 5.74) is 0.339. The summed E-state index contributed by atoms with van der Waals surface area (Å²) in [4.78, 5) is 12.4. The zero-order valence-electron chi connectivity index (χ0n) is 15.3. The predicted molar refractivity (Wildman–Crippen MR) is 109 cm³/mol. The number of anilines is 1. The average Bonchev–Trinajstić information content (AvgIpc) is 2.64. The van der Waals surface area contributed by atoms with Crippen LogP contribution in [-0.2, 0) is 19.6 Å². The number of benzene rings is 2. The van der Waals surface area contributed by atoms with Crippen LogP contribution in [0.4, 0.5) is 5.69 Å². The van der Waals surface area contributed by atoms with Gasteiger partial charge in [-0.2, -0.15) is 4.31 Å². The number of sulfonamides is 1. The monoisotopic (exact) mass is 446 g/mol. The Morgan fingerprint density at radius 3 is 2.43 bits per heavy atom. The van der Waals surface area contributed by atoms with E-state index in [-0.39, 0.29) is 17.3 Å². The number of nitrogens with one attached hydrogen (secondary N) is 1. The van der Waals surface area contributed by atoms with E-state index in [1.54, 1.807) is 18.2 Å². The first-order valence-electron chi connectivity index (χ1n) is 8.17. The maximum Gasteiger partial charge on any atom is 0.243 e. The molecule has 0 unspecified atom stereocenters. The van der Waals surface area contributed by atoms with Crippen LogP contribution in [0.3, 0.4) is 0 Å². The van der Waals surface area contributed by atoms with Gasteiger partial charge < -0.3 is 14.8 Å². The molecule has 1 amide bonds. The summed E-state index contributed by atoms with van der Waals surface area (Å²) in [6.45, 7) is 0.198. The molecule has 0 saturated carbocycles. The lowest BCUT2D eigenvalue weighted by molar-refractivity contribution is -0.116. The maximum atomic E-state index is 12.6. The van der Waals surface area contributed by atoms with Gasteiger partial charge in [-0.05, 0) is 36.4 Å². The fourth-order valence-electron chi connectivity index (χ4n) is 2.24.